The molecule has 1 aromatic heterocycles. The Morgan fingerprint density at radius 2 is 1.69 bits per heavy atom. The smallest absolute Gasteiger partial charge is 0.253 e. The largest absolute Gasteiger partial charge is 0.508 e. The van der Waals surface area contributed by atoms with Crippen molar-refractivity contribution < 1.29 is 28.3 Å². The number of aromatic hydroxyl groups is 1. The Morgan fingerprint density at radius 3 is 2.33 bits per heavy atom. The van der Waals surface area contributed by atoms with Crippen LogP contribution < -0.4 is 11.1 Å². The zero-order valence-corrected chi connectivity index (χ0v) is 21.7. The molecule has 0 saturated heterocycles. The summed E-state index contributed by atoms with van der Waals surface area (Å²) in [5, 5.41) is 12.7. The lowest BCUT2D eigenvalue weighted by Gasteiger charge is -2.19. The molecule has 1 atom stereocenters. The molecule has 200 valence electrons. The highest BCUT2D eigenvalue weighted by atomic mass is 35.5. The van der Waals surface area contributed by atoms with Crippen LogP contribution in [0.5, 0.6) is 5.75 Å². The summed E-state index contributed by atoms with van der Waals surface area (Å²) in [6.07, 6.45) is 1.07. The van der Waals surface area contributed by atoms with E-state index in [0.717, 1.165) is 12.1 Å². The van der Waals surface area contributed by atoms with Crippen LogP contribution in [0.1, 0.15) is 50.0 Å². The second kappa shape index (κ2) is 11.1. The first-order valence-electron chi connectivity index (χ1n) is 11.8. The minimum atomic E-state index is -0.892. The molecule has 2 amide bonds. The van der Waals surface area contributed by atoms with E-state index in [1.165, 1.54) is 49.0 Å². The summed E-state index contributed by atoms with van der Waals surface area (Å²) in [5.74, 6) is -3.65. The van der Waals surface area contributed by atoms with Crippen LogP contribution in [0.25, 0.3) is 11.1 Å². The van der Waals surface area contributed by atoms with Gasteiger partial charge < -0.3 is 20.7 Å². The van der Waals surface area contributed by atoms with Gasteiger partial charge >= 0.3 is 0 Å². The molecule has 4 N–H and O–H groups in total. The zero-order valence-electron chi connectivity index (χ0n) is 21.0. The van der Waals surface area contributed by atoms with Gasteiger partial charge in [0.1, 0.15) is 17.4 Å². The molecule has 10 heteroatoms. The molecule has 0 spiro atoms. The van der Waals surface area contributed by atoms with Crippen molar-refractivity contribution in [1.29, 1.82) is 0 Å². The van der Waals surface area contributed by atoms with Gasteiger partial charge in [-0.15, -0.1) is 0 Å². The van der Waals surface area contributed by atoms with E-state index in [1.807, 2.05) is 0 Å². The zero-order chi connectivity index (χ0) is 28.4. The van der Waals surface area contributed by atoms with Crippen molar-refractivity contribution in [2.24, 2.45) is 12.8 Å². The van der Waals surface area contributed by atoms with Crippen LogP contribution in [-0.4, -0.2) is 27.3 Å². The summed E-state index contributed by atoms with van der Waals surface area (Å²) in [5.41, 5.74) is 5.41. The summed E-state index contributed by atoms with van der Waals surface area (Å²) in [6.45, 7) is 1.35. The lowest BCUT2D eigenvalue weighted by atomic mass is 9.92. The molecule has 0 unspecified atom stereocenters. The Bertz CT molecular complexity index is 1600. The number of aryl methyl sites for hydroxylation is 1. The molecule has 39 heavy (non-hydrogen) atoms. The van der Waals surface area contributed by atoms with Gasteiger partial charge in [0.15, 0.2) is 0 Å². The number of nitrogens with two attached hydrogens (primary N) is 1. The van der Waals surface area contributed by atoms with E-state index in [0.29, 0.717) is 10.6 Å². The summed E-state index contributed by atoms with van der Waals surface area (Å²) in [7, 11) is 1.50. The maximum atomic E-state index is 15.3. The molecule has 0 radical (unpaired) electrons. The van der Waals surface area contributed by atoms with Crippen LogP contribution in [0.3, 0.4) is 0 Å². The second-order valence-electron chi connectivity index (χ2n) is 9.03. The molecule has 0 aliphatic heterocycles. The molecule has 3 aromatic carbocycles. The molecular formula is C29H24ClF2N3O4. The number of amides is 2. The van der Waals surface area contributed by atoms with Crippen molar-refractivity contribution >= 4 is 29.2 Å². The Morgan fingerprint density at radius 1 is 1.03 bits per heavy atom. The fraction of sp³-hybridized carbons (Fsp3) is 0.138. The SMILES string of the molecule is Cc1c(F)ccc(F)c1-c1c(C(=O)N[C@@H](CC(N)=O)c2cccc(Cl)c2)cn(C)c1C(=O)c1ccc(O)cc1. The minimum absolute atomic E-state index is 0.0627. The van der Waals surface area contributed by atoms with Crippen molar-refractivity contribution in [3.8, 4) is 16.9 Å². The standard InChI is InChI=1S/C29H24ClF2N3O4/c1-15-21(31)10-11-22(32)25(15)26-20(14-35(2)27(26)28(38)16-6-8-19(36)9-7-16)29(39)34-23(13-24(33)37)17-4-3-5-18(30)12-17/h3-12,14,23,36H,13H2,1-2H3,(H2,33,37)(H,34,39)/t23-/m0/s1. The van der Waals surface area contributed by atoms with E-state index < -0.39 is 35.3 Å². The third-order valence-electron chi connectivity index (χ3n) is 6.33. The van der Waals surface area contributed by atoms with Crippen LogP contribution in [-0.2, 0) is 11.8 Å². The number of halogens is 3. The number of ketones is 1. The molecule has 0 aliphatic rings. The van der Waals surface area contributed by atoms with Gasteiger partial charge in [0.05, 0.1) is 23.7 Å². The van der Waals surface area contributed by atoms with Crippen molar-refractivity contribution in [3.05, 3.63) is 111 Å². The maximum absolute atomic E-state index is 15.3. The maximum Gasteiger partial charge on any atom is 0.253 e. The van der Waals surface area contributed by atoms with E-state index in [9.17, 15) is 23.9 Å². The van der Waals surface area contributed by atoms with Crippen molar-refractivity contribution in [1.82, 2.24) is 9.88 Å². The quantitative estimate of drug-likeness (QED) is 0.261. The average molecular weight is 552 g/mol. The van der Waals surface area contributed by atoms with Crippen LogP contribution >= 0.6 is 11.6 Å². The van der Waals surface area contributed by atoms with Crippen LogP contribution in [0, 0.1) is 18.6 Å². The highest BCUT2D eigenvalue weighted by molar-refractivity contribution is 6.30. The molecule has 4 rings (SSSR count). The fourth-order valence-electron chi connectivity index (χ4n) is 4.45. The average Bonchev–Trinajstić information content (AvgIpc) is 3.22. The third kappa shape index (κ3) is 5.68. The van der Waals surface area contributed by atoms with E-state index in [2.05, 4.69) is 5.32 Å². The summed E-state index contributed by atoms with van der Waals surface area (Å²) in [6, 6.07) is 12.9. The molecule has 4 aromatic rings. The van der Waals surface area contributed by atoms with Gasteiger partial charge in [-0.2, -0.15) is 0 Å². The summed E-state index contributed by atoms with van der Waals surface area (Å²) in [4.78, 5) is 39.1. The Hall–Kier alpha value is -4.50. The second-order valence-corrected chi connectivity index (χ2v) is 9.47. The highest BCUT2D eigenvalue weighted by Gasteiger charge is 2.30. The van der Waals surface area contributed by atoms with E-state index in [-0.39, 0.29) is 45.7 Å². The predicted molar refractivity (Wildman–Crippen MR) is 143 cm³/mol. The minimum Gasteiger partial charge on any atom is -0.508 e. The normalized spacial score (nSPS) is 11.7. The first-order chi connectivity index (χ1) is 18.5. The highest BCUT2D eigenvalue weighted by Crippen LogP contribution is 2.36. The van der Waals surface area contributed by atoms with Gasteiger partial charge in [-0.3, -0.25) is 14.4 Å². The molecule has 7 nitrogen and oxygen atoms in total. The van der Waals surface area contributed by atoms with Crippen molar-refractivity contribution in [3.63, 3.8) is 0 Å². The third-order valence-corrected chi connectivity index (χ3v) is 6.57. The summed E-state index contributed by atoms with van der Waals surface area (Å²) < 4.78 is 31.3. The van der Waals surface area contributed by atoms with Gasteiger partial charge in [-0.1, -0.05) is 23.7 Å². The predicted octanol–water partition coefficient (Wildman–Crippen LogP) is 5.22. The number of benzene rings is 3. The van der Waals surface area contributed by atoms with Gasteiger partial charge in [-0.05, 0) is 66.6 Å². The lowest BCUT2D eigenvalue weighted by molar-refractivity contribution is -0.118. The number of nitrogens with one attached hydrogen (secondary N) is 1. The number of aromatic nitrogens is 1. The number of phenolic OH excluding ortho intramolecular Hbond substituents is 1. The number of rotatable bonds is 8. The number of nitrogens with zero attached hydrogens (tertiary/aromatic N) is 1. The van der Waals surface area contributed by atoms with E-state index in [1.54, 1.807) is 24.3 Å². The molecular weight excluding hydrogens is 528 g/mol. The Kier molecular flexibility index (Phi) is 7.83. The molecule has 0 aliphatic carbocycles. The first-order valence-corrected chi connectivity index (χ1v) is 12.2. The van der Waals surface area contributed by atoms with Crippen LogP contribution in [0.15, 0.2) is 66.9 Å². The molecule has 0 saturated carbocycles. The number of hydrogen-bond acceptors (Lipinski definition) is 4. The Labute approximate surface area is 227 Å². The van der Waals surface area contributed by atoms with Gasteiger partial charge in [0.2, 0.25) is 11.7 Å². The topological polar surface area (TPSA) is 114 Å². The lowest BCUT2D eigenvalue weighted by Crippen LogP contribution is -2.32. The van der Waals surface area contributed by atoms with Crippen LogP contribution in [0.4, 0.5) is 8.78 Å². The number of hydrogen-bond donors (Lipinski definition) is 3. The number of primary amides is 1. The number of phenols is 1. The van der Waals surface area contributed by atoms with E-state index in [4.69, 9.17) is 17.3 Å². The Balaban J connectivity index is 1.90. The van der Waals surface area contributed by atoms with Crippen molar-refractivity contribution in [2.45, 2.75) is 19.4 Å². The summed E-state index contributed by atoms with van der Waals surface area (Å²) >= 11 is 6.10. The van der Waals surface area contributed by atoms with Gasteiger partial charge in [0, 0.05) is 35.0 Å². The van der Waals surface area contributed by atoms with Crippen molar-refractivity contribution in [2.75, 3.05) is 0 Å². The molecule has 1 heterocycles. The van der Waals surface area contributed by atoms with Crippen LogP contribution in [0.2, 0.25) is 5.02 Å². The molecule has 0 fully saturated rings. The van der Waals surface area contributed by atoms with E-state index >= 15 is 4.39 Å². The van der Waals surface area contributed by atoms with Gasteiger partial charge in [-0.25, -0.2) is 8.78 Å². The fourth-order valence-corrected chi connectivity index (χ4v) is 4.65. The van der Waals surface area contributed by atoms with Gasteiger partial charge in [0.25, 0.3) is 5.91 Å². The first kappa shape index (κ1) is 27.5. The monoisotopic (exact) mass is 551 g/mol. The number of carbonyl (C=O) groups excluding carboxylic acids is 3. The number of carbonyl (C=O) groups is 3. The molecule has 0 bridgehead atoms.